The molecule has 0 amide bonds. The summed E-state index contributed by atoms with van der Waals surface area (Å²) in [7, 11) is 0. The maximum atomic E-state index is 8.93. The van der Waals surface area contributed by atoms with Gasteiger partial charge in [0.1, 0.15) is 6.23 Å². The second kappa shape index (κ2) is 19.5. The molecule has 0 bridgehead atoms. The lowest BCUT2D eigenvalue weighted by atomic mass is 10.3. The molecule has 1 atom stereocenters. The van der Waals surface area contributed by atoms with Crippen molar-refractivity contribution in [3.05, 3.63) is 48.5 Å². The SMILES string of the molecule is CC(C)O.CC(O)Nc1ccc(N)cc1.Cl.Cl.Cl.Nc1ccc(NCl)cc1. The Labute approximate surface area is 185 Å². The Kier molecular flexibility index (Phi) is 24.0. The van der Waals surface area contributed by atoms with Crippen LogP contribution >= 0.6 is 49.0 Å². The van der Waals surface area contributed by atoms with Crippen LogP contribution < -0.4 is 21.6 Å². The molecule has 2 aromatic rings. The molecule has 0 heterocycles. The number of benzene rings is 2. The number of rotatable bonds is 3. The number of hydrogen-bond donors (Lipinski definition) is 6. The molecular weight excluding hydrogens is 434 g/mol. The molecular formula is C17H30Cl4N4O2. The molecule has 0 saturated carbocycles. The molecule has 6 nitrogen and oxygen atoms in total. The lowest BCUT2D eigenvalue weighted by Crippen LogP contribution is -2.12. The van der Waals surface area contributed by atoms with E-state index in [9.17, 15) is 0 Å². The first kappa shape index (κ1) is 33.3. The highest BCUT2D eigenvalue weighted by Crippen LogP contribution is 2.11. The lowest BCUT2D eigenvalue weighted by Gasteiger charge is -2.08. The van der Waals surface area contributed by atoms with E-state index in [0.717, 1.165) is 22.7 Å². The minimum Gasteiger partial charge on any atom is -0.399 e. The van der Waals surface area contributed by atoms with E-state index in [0.29, 0.717) is 0 Å². The maximum Gasteiger partial charge on any atom is 0.121 e. The minimum atomic E-state index is -0.529. The molecule has 0 aliphatic heterocycles. The van der Waals surface area contributed by atoms with E-state index < -0.39 is 6.23 Å². The first-order valence-corrected chi connectivity index (χ1v) is 7.82. The van der Waals surface area contributed by atoms with Crippen LogP contribution in [-0.4, -0.2) is 22.5 Å². The highest BCUT2D eigenvalue weighted by molar-refractivity contribution is 6.23. The van der Waals surface area contributed by atoms with Crippen molar-refractivity contribution in [3.63, 3.8) is 0 Å². The summed E-state index contributed by atoms with van der Waals surface area (Å²) in [6.07, 6.45) is -0.696. The third kappa shape index (κ3) is 20.9. The van der Waals surface area contributed by atoms with Crippen LogP contribution in [0.2, 0.25) is 0 Å². The zero-order valence-electron chi connectivity index (χ0n) is 15.4. The summed E-state index contributed by atoms with van der Waals surface area (Å²) in [5, 5.41) is 19.8. The van der Waals surface area contributed by atoms with Crippen molar-refractivity contribution >= 4 is 71.7 Å². The van der Waals surface area contributed by atoms with Gasteiger partial charge in [0.05, 0.1) is 0 Å². The van der Waals surface area contributed by atoms with Gasteiger partial charge < -0.3 is 27.0 Å². The van der Waals surface area contributed by atoms with Crippen LogP contribution in [-0.2, 0) is 0 Å². The van der Waals surface area contributed by atoms with Gasteiger partial charge in [0.2, 0.25) is 0 Å². The molecule has 10 heteroatoms. The normalized spacial score (nSPS) is 9.44. The summed E-state index contributed by atoms with van der Waals surface area (Å²) in [5.41, 5.74) is 14.1. The first-order chi connectivity index (χ1) is 11.2. The highest BCUT2D eigenvalue weighted by atomic mass is 35.5. The van der Waals surface area contributed by atoms with E-state index in [2.05, 4.69) is 10.2 Å². The molecule has 0 aliphatic rings. The van der Waals surface area contributed by atoms with E-state index in [-0.39, 0.29) is 43.3 Å². The van der Waals surface area contributed by atoms with Crippen LogP contribution in [0.25, 0.3) is 0 Å². The van der Waals surface area contributed by atoms with Crippen LogP contribution in [0.15, 0.2) is 48.5 Å². The summed E-state index contributed by atoms with van der Waals surface area (Å²) < 4.78 is 0. The molecule has 0 radical (unpaired) electrons. The van der Waals surface area contributed by atoms with Crippen LogP contribution in [0.3, 0.4) is 0 Å². The molecule has 0 fully saturated rings. The van der Waals surface area contributed by atoms with Crippen LogP contribution in [0.1, 0.15) is 20.8 Å². The minimum absolute atomic E-state index is 0. The van der Waals surface area contributed by atoms with Gasteiger partial charge in [-0.25, -0.2) is 0 Å². The average Bonchev–Trinajstić information content (AvgIpc) is 2.50. The number of nitrogen functional groups attached to an aromatic ring is 2. The third-order valence-electron chi connectivity index (χ3n) is 2.31. The van der Waals surface area contributed by atoms with Gasteiger partial charge in [-0.05, 0) is 69.3 Å². The van der Waals surface area contributed by atoms with Gasteiger partial charge in [-0.15, -0.1) is 37.2 Å². The monoisotopic (exact) mass is 462 g/mol. The quantitative estimate of drug-likeness (QED) is 0.226. The van der Waals surface area contributed by atoms with Crippen molar-refractivity contribution in [1.82, 2.24) is 0 Å². The van der Waals surface area contributed by atoms with Crippen molar-refractivity contribution in [1.29, 1.82) is 0 Å². The molecule has 0 aliphatic carbocycles. The summed E-state index contributed by atoms with van der Waals surface area (Å²) in [4.78, 5) is 2.47. The number of aliphatic hydroxyl groups excluding tert-OH is 2. The Balaban J connectivity index is -0.000000152. The molecule has 8 N–H and O–H groups in total. The predicted octanol–water partition coefficient (Wildman–Crippen LogP) is 4.51. The van der Waals surface area contributed by atoms with E-state index in [1.807, 2.05) is 24.3 Å². The van der Waals surface area contributed by atoms with Crippen LogP contribution in [0.4, 0.5) is 22.7 Å². The first-order valence-electron chi connectivity index (χ1n) is 7.45. The zero-order valence-corrected chi connectivity index (χ0v) is 18.6. The van der Waals surface area contributed by atoms with Crippen LogP contribution in [0, 0.1) is 0 Å². The summed E-state index contributed by atoms with van der Waals surface area (Å²) in [6, 6.07) is 14.4. The lowest BCUT2D eigenvalue weighted by molar-refractivity contribution is 0.216. The van der Waals surface area contributed by atoms with Gasteiger partial charge in [-0.3, -0.25) is 4.84 Å². The van der Waals surface area contributed by atoms with Crippen molar-refractivity contribution in [3.8, 4) is 0 Å². The van der Waals surface area contributed by atoms with Gasteiger partial charge >= 0.3 is 0 Å². The second-order valence-corrected chi connectivity index (χ2v) is 5.44. The molecule has 27 heavy (non-hydrogen) atoms. The van der Waals surface area contributed by atoms with Crippen LogP contribution in [0.5, 0.6) is 0 Å². The smallest absolute Gasteiger partial charge is 0.121 e. The summed E-state index contributed by atoms with van der Waals surface area (Å²) >= 11 is 5.29. The standard InChI is InChI=1S/C8H12N2O.C6H7ClN2.C3H8O.3ClH/c1-6(11)10-8-4-2-7(9)3-5-8;7-9-6-3-1-5(8)2-4-6;1-3(2)4;;;/h2-6,10-11H,9H2,1H3;1-4,9H,8H2;3-4H,1-2H3;3*1H. The summed E-state index contributed by atoms with van der Waals surface area (Å²) in [5.74, 6) is 0. The Bertz CT molecular complexity index is 553. The van der Waals surface area contributed by atoms with Crippen molar-refractivity contribution in [2.45, 2.75) is 33.1 Å². The number of nitrogens with one attached hydrogen (secondary N) is 2. The number of aliphatic hydroxyl groups is 2. The fourth-order valence-electron chi connectivity index (χ4n) is 1.37. The van der Waals surface area contributed by atoms with Gasteiger partial charge in [-0.1, -0.05) is 0 Å². The van der Waals surface area contributed by atoms with Gasteiger partial charge in [0.15, 0.2) is 0 Å². The molecule has 2 rings (SSSR count). The molecule has 1 unspecified atom stereocenters. The Morgan fingerprint density at radius 1 is 0.741 bits per heavy atom. The van der Waals surface area contributed by atoms with E-state index in [1.165, 1.54) is 0 Å². The zero-order chi connectivity index (χ0) is 18.5. The van der Waals surface area contributed by atoms with Crippen molar-refractivity contribution < 1.29 is 10.2 Å². The van der Waals surface area contributed by atoms with Gasteiger partial charge in [0, 0.05) is 40.6 Å². The topological polar surface area (TPSA) is 117 Å². The molecule has 0 aromatic heterocycles. The number of halogens is 4. The maximum absolute atomic E-state index is 8.93. The second-order valence-electron chi connectivity index (χ2n) is 5.25. The van der Waals surface area contributed by atoms with E-state index >= 15 is 0 Å². The molecule has 2 aromatic carbocycles. The highest BCUT2D eigenvalue weighted by Gasteiger charge is 1.93. The molecule has 0 spiro atoms. The Morgan fingerprint density at radius 3 is 1.30 bits per heavy atom. The number of nitrogens with two attached hydrogens (primary N) is 2. The summed E-state index contributed by atoms with van der Waals surface area (Å²) in [6.45, 7) is 5.11. The fraction of sp³-hybridized carbons (Fsp3) is 0.294. The predicted molar refractivity (Wildman–Crippen MR) is 126 cm³/mol. The Morgan fingerprint density at radius 2 is 1.04 bits per heavy atom. The van der Waals surface area contributed by atoms with Crippen molar-refractivity contribution in [2.24, 2.45) is 0 Å². The molecule has 0 saturated heterocycles. The van der Waals surface area contributed by atoms with Gasteiger partial charge in [0.25, 0.3) is 0 Å². The van der Waals surface area contributed by atoms with E-state index in [4.69, 9.17) is 33.5 Å². The average molecular weight is 464 g/mol. The third-order valence-corrected chi connectivity index (χ3v) is 2.52. The van der Waals surface area contributed by atoms with E-state index in [1.54, 1.807) is 45.0 Å². The number of anilines is 4. The fourth-order valence-corrected chi connectivity index (χ4v) is 1.49. The number of hydrogen-bond acceptors (Lipinski definition) is 6. The van der Waals surface area contributed by atoms with Crippen molar-refractivity contribution in [2.75, 3.05) is 21.6 Å². The van der Waals surface area contributed by atoms with Gasteiger partial charge in [-0.2, -0.15) is 0 Å². The molecule has 158 valence electrons. The Hall–Kier alpha value is -1.28. The largest absolute Gasteiger partial charge is 0.399 e.